The molecule has 1 N–H and O–H groups in total. The standard InChI is InChI=1S/C20H23N3O5S/c1-26-18(24)11-17(20(25)27-2)21-15-5-3-14(4-6-15)19-22-16(13-29-19)12-23-7-9-28-10-8-23/h3-6,11,13,21H,7-10,12H2,1-2H3/b17-11+. The van der Waals surface area contributed by atoms with Crippen LogP contribution in [0.15, 0.2) is 41.4 Å². The molecule has 0 radical (unpaired) electrons. The van der Waals surface area contributed by atoms with Gasteiger partial charge in [0.15, 0.2) is 0 Å². The smallest absolute Gasteiger partial charge is 0.354 e. The van der Waals surface area contributed by atoms with E-state index in [9.17, 15) is 9.59 Å². The molecule has 2 heterocycles. The quantitative estimate of drug-likeness (QED) is 0.542. The Kier molecular flexibility index (Phi) is 7.34. The maximum Gasteiger partial charge on any atom is 0.354 e. The Morgan fingerprint density at radius 2 is 1.93 bits per heavy atom. The van der Waals surface area contributed by atoms with Crippen LogP contribution in [0.1, 0.15) is 5.69 Å². The van der Waals surface area contributed by atoms with Crippen LogP contribution in [-0.4, -0.2) is 62.3 Å². The number of anilines is 1. The van der Waals surface area contributed by atoms with Crippen molar-refractivity contribution in [2.24, 2.45) is 0 Å². The fraction of sp³-hybridized carbons (Fsp3) is 0.350. The number of methoxy groups -OCH3 is 2. The van der Waals surface area contributed by atoms with Crippen molar-refractivity contribution in [1.82, 2.24) is 9.88 Å². The minimum absolute atomic E-state index is 0.00542. The number of carbonyl (C=O) groups excluding carboxylic acids is 2. The van der Waals surface area contributed by atoms with Gasteiger partial charge >= 0.3 is 11.9 Å². The number of hydrogen-bond acceptors (Lipinski definition) is 9. The fourth-order valence-electron chi connectivity index (χ4n) is 2.78. The number of morpholine rings is 1. The molecule has 0 atom stereocenters. The van der Waals surface area contributed by atoms with Crippen LogP contribution in [0.25, 0.3) is 10.6 Å². The molecule has 154 valence electrons. The molecule has 0 spiro atoms. The minimum Gasteiger partial charge on any atom is -0.466 e. The van der Waals surface area contributed by atoms with Crippen molar-refractivity contribution in [2.75, 3.05) is 45.8 Å². The molecule has 1 aromatic heterocycles. The summed E-state index contributed by atoms with van der Waals surface area (Å²) in [5, 5.41) is 5.89. The summed E-state index contributed by atoms with van der Waals surface area (Å²) >= 11 is 1.59. The highest BCUT2D eigenvalue weighted by molar-refractivity contribution is 7.13. The number of carbonyl (C=O) groups is 2. The predicted octanol–water partition coefficient (Wildman–Crippen LogP) is 2.28. The zero-order chi connectivity index (χ0) is 20.6. The number of rotatable bonds is 7. The van der Waals surface area contributed by atoms with Gasteiger partial charge in [-0.05, 0) is 24.3 Å². The van der Waals surface area contributed by atoms with Crippen molar-refractivity contribution in [3.05, 3.63) is 47.1 Å². The molecule has 1 fully saturated rings. The van der Waals surface area contributed by atoms with Crippen molar-refractivity contribution in [3.63, 3.8) is 0 Å². The Morgan fingerprint density at radius 1 is 1.21 bits per heavy atom. The predicted molar refractivity (Wildman–Crippen MR) is 109 cm³/mol. The van der Waals surface area contributed by atoms with Crippen LogP contribution in [0, 0.1) is 0 Å². The number of esters is 2. The van der Waals surface area contributed by atoms with Crippen molar-refractivity contribution < 1.29 is 23.8 Å². The number of ether oxygens (including phenoxy) is 3. The number of benzene rings is 1. The van der Waals surface area contributed by atoms with Gasteiger partial charge in [-0.2, -0.15) is 0 Å². The van der Waals surface area contributed by atoms with Gasteiger partial charge in [0.05, 0.1) is 39.2 Å². The molecule has 1 aromatic carbocycles. The summed E-state index contributed by atoms with van der Waals surface area (Å²) in [5.74, 6) is -1.31. The molecular weight excluding hydrogens is 394 g/mol. The van der Waals surface area contributed by atoms with Crippen LogP contribution < -0.4 is 5.32 Å². The molecule has 0 aliphatic carbocycles. The lowest BCUT2D eigenvalue weighted by Crippen LogP contribution is -2.35. The molecule has 3 rings (SSSR count). The normalized spacial score (nSPS) is 15.0. The molecule has 1 saturated heterocycles. The van der Waals surface area contributed by atoms with E-state index in [1.165, 1.54) is 14.2 Å². The monoisotopic (exact) mass is 417 g/mol. The van der Waals surface area contributed by atoms with Gasteiger partial charge in [-0.1, -0.05) is 0 Å². The molecule has 1 aliphatic heterocycles. The molecule has 0 amide bonds. The van der Waals surface area contributed by atoms with E-state index in [1.807, 2.05) is 24.3 Å². The number of aromatic nitrogens is 1. The first-order valence-electron chi connectivity index (χ1n) is 9.09. The van der Waals surface area contributed by atoms with Gasteiger partial charge in [-0.25, -0.2) is 14.6 Å². The van der Waals surface area contributed by atoms with Crippen molar-refractivity contribution >= 4 is 29.0 Å². The van der Waals surface area contributed by atoms with Crippen molar-refractivity contribution in [2.45, 2.75) is 6.54 Å². The molecule has 1 aliphatic rings. The average molecular weight is 417 g/mol. The second kappa shape index (κ2) is 10.1. The maximum atomic E-state index is 11.8. The molecule has 29 heavy (non-hydrogen) atoms. The lowest BCUT2D eigenvalue weighted by molar-refractivity contribution is -0.138. The average Bonchev–Trinajstić information content (AvgIpc) is 3.22. The van der Waals surface area contributed by atoms with E-state index in [-0.39, 0.29) is 5.70 Å². The number of thiazole rings is 1. The van der Waals surface area contributed by atoms with Gasteiger partial charge in [0, 0.05) is 36.3 Å². The van der Waals surface area contributed by atoms with Gasteiger partial charge in [-0.15, -0.1) is 11.3 Å². The van der Waals surface area contributed by atoms with Crippen LogP contribution in [0.5, 0.6) is 0 Å². The third-order valence-corrected chi connectivity index (χ3v) is 5.26. The highest BCUT2D eigenvalue weighted by Gasteiger charge is 2.14. The first kappa shape index (κ1) is 21.0. The van der Waals surface area contributed by atoms with Crippen molar-refractivity contribution in [1.29, 1.82) is 0 Å². The summed E-state index contributed by atoms with van der Waals surface area (Å²) in [5.41, 5.74) is 2.65. The second-order valence-corrected chi connectivity index (χ2v) is 7.17. The Bertz CT molecular complexity index is 872. The van der Waals surface area contributed by atoms with E-state index >= 15 is 0 Å². The Morgan fingerprint density at radius 3 is 2.59 bits per heavy atom. The summed E-state index contributed by atoms with van der Waals surface area (Å²) in [6, 6.07) is 7.44. The molecule has 0 saturated carbocycles. The van der Waals surface area contributed by atoms with Crippen LogP contribution in [0.2, 0.25) is 0 Å². The minimum atomic E-state index is -0.660. The van der Waals surface area contributed by atoms with E-state index < -0.39 is 11.9 Å². The molecule has 9 heteroatoms. The van der Waals surface area contributed by atoms with Crippen LogP contribution in [-0.2, 0) is 30.3 Å². The molecule has 0 bridgehead atoms. The molecular formula is C20H23N3O5S. The second-order valence-electron chi connectivity index (χ2n) is 6.31. The Labute approximate surface area is 173 Å². The zero-order valence-electron chi connectivity index (χ0n) is 16.3. The summed E-state index contributed by atoms with van der Waals surface area (Å²) < 4.78 is 14.6. The van der Waals surface area contributed by atoms with Crippen LogP contribution >= 0.6 is 11.3 Å². The Balaban J connectivity index is 1.67. The van der Waals surface area contributed by atoms with Gasteiger partial charge in [0.2, 0.25) is 0 Å². The first-order valence-corrected chi connectivity index (χ1v) is 9.97. The van der Waals surface area contributed by atoms with Gasteiger partial charge in [-0.3, -0.25) is 4.90 Å². The van der Waals surface area contributed by atoms with E-state index in [0.717, 1.165) is 55.2 Å². The number of nitrogens with zero attached hydrogens (tertiary/aromatic N) is 2. The van der Waals surface area contributed by atoms with Crippen LogP contribution in [0.4, 0.5) is 5.69 Å². The summed E-state index contributed by atoms with van der Waals surface area (Å²) in [6.07, 6.45) is 1.05. The van der Waals surface area contributed by atoms with Gasteiger partial charge < -0.3 is 19.5 Å². The fourth-order valence-corrected chi connectivity index (χ4v) is 3.60. The number of nitrogens with one attached hydrogen (secondary N) is 1. The molecule has 2 aromatic rings. The zero-order valence-corrected chi connectivity index (χ0v) is 17.2. The van der Waals surface area contributed by atoms with E-state index in [4.69, 9.17) is 14.5 Å². The van der Waals surface area contributed by atoms with Gasteiger partial charge in [0.1, 0.15) is 10.7 Å². The lowest BCUT2D eigenvalue weighted by atomic mass is 10.2. The third-order valence-electron chi connectivity index (χ3n) is 4.32. The van der Waals surface area contributed by atoms with Crippen molar-refractivity contribution in [3.8, 4) is 10.6 Å². The topological polar surface area (TPSA) is 90.0 Å². The molecule has 0 unspecified atom stereocenters. The third kappa shape index (κ3) is 5.86. The summed E-state index contributed by atoms with van der Waals surface area (Å²) in [7, 11) is 2.49. The maximum absolute atomic E-state index is 11.8. The first-order chi connectivity index (χ1) is 14.1. The van der Waals surface area contributed by atoms with E-state index in [1.54, 1.807) is 11.3 Å². The van der Waals surface area contributed by atoms with E-state index in [0.29, 0.717) is 5.69 Å². The summed E-state index contributed by atoms with van der Waals surface area (Å²) in [6.45, 7) is 4.21. The lowest BCUT2D eigenvalue weighted by Gasteiger charge is -2.25. The largest absolute Gasteiger partial charge is 0.466 e. The van der Waals surface area contributed by atoms with E-state index in [2.05, 4.69) is 20.3 Å². The summed E-state index contributed by atoms with van der Waals surface area (Å²) in [4.78, 5) is 30.4. The van der Waals surface area contributed by atoms with Crippen LogP contribution in [0.3, 0.4) is 0 Å². The SMILES string of the molecule is COC(=O)/C=C(/Nc1ccc(-c2nc(CN3CCOCC3)cs2)cc1)C(=O)OC. The number of hydrogen-bond donors (Lipinski definition) is 1. The highest BCUT2D eigenvalue weighted by Crippen LogP contribution is 2.26. The Hall–Kier alpha value is -2.75. The highest BCUT2D eigenvalue weighted by atomic mass is 32.1. The van der Waals surface area contributed by atoms with Gasteiger partial charge in [0.25, 0.3) is 0 Å². The molecule has 8 nitrogen and oxygen atoms in total.